The molecule has 0 bridgehead atoms. The molecular weight excluding hydrogens is 328 g/mol. The first-order valence-corrected chi connectivity index (χ1v) is 10.0. The molecule has 0 aromatic heterocycles. The molecule has 1 aliphatic heterocycles. The van der Waals surface area contributed by atoms with Crippen molar-refractivity contribution in [3.05, 3.63) is 23.8 Å². The van der Waals surface area contributed by atoms with Gasteiger partial charge in [-0.2, -0.15) is 0 Å². The highest BCUT2D eigenvalue weighted by atomic mass is 16.5. The number of fused-ring (bicyclic) bond motifs is 6. The maximum Gasteiger partial charge on any atom is 0.190 e. The lowest BCUT2D eigenvalue weighted by Gasteiger charge is -2.62. The summed E-state index contributed by atoms with van der Waals surface area (Å²) in [5.41, 5.74) is -0.00831. The van der Waals surface area contributed by atoms with Gasteiger partial charge in [0.05, 0.1) is 6.10 Å². The van der Waals surface area contributed by atoms with Crippen molar-refractivity contribution >= 4 is 11.6 Å². The van der Waals surface area contributed by atoms with Crippen molar-refractivity contribution in [1.82, 2.24) is 0 Å². The molecule has 8 atom stereocenters. The van der Waals surface area contributed by atoms with Gasteiger partial charge in [0.25, 0.3) is 0 Å². The van der Waals surface area contributed by atoms with Crippen LogP contribution < -0.4 is 0 Å². The summed E-state index contributed by atoms with van der Waals surface area (Å²) in [6.07, 6.45) is 8.43. The van der Waals surface area contributed by atoms with Gasteiger partial charge in [-0.15, -0.1) is 0 Å². The van der Waals surface area contributed by atoms with E-state index < -0.39 is 11.7 Å². The molecule has 5 aliphatic rings. The fourth-order valence-electron chi connectivity index (χ4n) is 7.74. The molecule has 4 heteroatoms. The fourth-order valence-corrected chi connectivity index (χ4v) is 7.74. The van der Waals surface area contributed by atoms with E-state index in [1.165, 1.54) is 5.57 Å². The Morgan fingerprint density at radius 2 is 2.04 bits per heavy atom. The minimum absolute atomic E-state index is 0.0613. The number of hydrogen-bond donors (Lipinski definition) is 1. The van der Waals surface area contributed by atoms with Crippen LogP contribution in [0, 0.1) is 34.5 Å². The first kappa shape index (κ1) is 16.9. The quantitative estimate of drug-likeness (QED) is 0.725. The molecule has 1 saturated heterocycles. The first-order chi connectivity index (χ1) is 12.2. The number of ether oxygens (including phenoxy) is 1. The molecule has 0 amide bonds. The molecule has 3 saturated carbocycles. The van der Waals surface area contributed by atoms with E-state index in [4.69, 9.17) is 4.74 Å². The molecule has 0 unspecified atom stereocenters. The monoisotopic (exact) mass is 356 g/mol. The van der Waals surface area contributed by atoms with E-state index in [-0.39, 0.29) is 34.9 Å². The smallest absolute Gasteiger partial charge is 0.190 e. The van der Waals surface area contributed by atoms with Crippen LogP contribution in [0.3, 0.4) is 0 Å². The van der Waals surface area contributed by atoms with E-state index in [9.17, 15) is 14.7 Å². The summed E-state index contributed by atoms with van der Waals surface area (Å²) in [6, 6.07) is 0. The van der Waals surface area contributed by atoms with E-state index in [2.05, 4.69) is 20.8 Å². The number of Topliss-reactive ketones (excluding diaryl/α,β-unsaturated/α-hetero) is 1. The molecule has 1 N–H and O–H groups in total. The van der Waals surface area contributed by atoms with Crippen LogP contribution in [0.5, 0.6) is 0 Å². The molecule has 4 fully saturated rings. The van der Waals surface area contributed by atoms with Crippen molar-refractivity contribution in [2.24, 2.45) is 34.5 Å². The van der Waals surface area contributed by atoms with Crippen LogP contribution >= 0.6 is 0 Å². The van der Waals surface area contributed by atoms with Crippen molar-refractivity contribution in [2.75, 3.05) is 6.61 Å². The molecule has 1 spiro atoms. The molecule has 140 valence electrons. The Balaban J connectivity index is 1.59. The third-order valence-electron chi connectivity index (χ3n) is 8.84. The van der Waals surface area contributed by atoms with Crippen LogP contribution in [-0.4, -0.2) is 35.0 Å². The zero-order valence-electron chi connectivity index (χ0n) is 15.8. The Kier molecular flexibility index (Phi) is 3.22. The second-order valence-corrected chi connectivity index (χ2v) is 9.82. The van der Waals surface area contributed by atoms with Gasteiger partial charge >= 0.3 is 0 Å². The largest absolute Gasteiger partial charge is 0.393 e. The number of carbonyl (C=O) groups excluding carboxylic acids is 2. The molecule has 1 heterocycles. The zero-order valence-corrected chi connectivity index (χ0v) is 15.8. The van der Waals surface area contributed by atoms with Crippen molar-refractivity contribution in [2.45, 2.75) is 58.2 Å². The van der Waals surface area contributed by atoms with Gasteiger partial charge in [0.2, 0.25) is 0 Å². The maximum atomic E-state index is 12.5. The summed E-state index contributed by atoms with van der Waals surface area (Å²) >= 11 is 0. The van der Waals surface area contributed by atoms with Gasteiger partial charge in [-0.25, -0.2) is 0 Å². The SMILES string of the molecule is C[C@@H]1C[C@@H]2[C@H]([C@@H](O)C[C@@]3(C)[C@H]2CC[C@@]32OCC2=O)[C@@]2(C)C=CC(=O)C=C12. The normalized spacial score (nSPS) is 55.1. The summed E-state index contributed by atoms with van der Waals surface area (Å²) in [5.74, 6) is 1.47. The van der Waals surface area contributed by atoms with Crippen LogP contribution in [-0.2, 0) is 14.3 Å². The van der Waals surface area contributed by atoms with Crippen LogP contribution in [0.2, 0.25) is 0 Å². The molecule has 4 nitrogen and oxygen atoms in total. The van der Waals surface area contributed by atoms with Crippen LogP contribution in [0.15, 0.2) is 23.8 Å². The molecule has 0 radical (unpaired) electrons. The van der Waals surface area contributed by atoms with Gasteiger partial charge in [0, 0.05) is 16.7 Å². The molecule has 5 rings (SSSR count). The van der Waals surface area contributed by atoms with Crippen molar-refractivity contribution in [1.29, 1.82) is 0 Å². The highest BCUT2D eigenvalue weighted by molar-refractivity contribution is 6.01. The summed E-state index contributed by atoms with van der Waals surface area (Å²) in [6.45, 7) is 6.82. The topological polar surface area (TPSA) is 63.6 Å². The van der Waals surface area contributed by atoms with Crippen molar-refractivity contribution in [3.8, 4) is 0 Å². The molecule has 0 aromatic carbocycles. The second kappa shape index (κ2) is 4.96. The number of aliphatic hydroxyl groups is 1. The Morgan fingerprint density at radius 1 is 1.27 bits per heavy atom. The Bertz CT molecular complexity index is 766. The van der Waals surface area contributed by atoms with E-state index >= 15 is 0 Å². The lowest BCUT2D eigenvalue weighted by atomic mass is 9.44. The Morgan fingerprint density at radius 3 is 2.69 bits per heavy atom. The standard InChI is InChI=1S/C22H28O4/c1-12-8-14-15-5-7-22(18(25)11-26-22)21(15,3)10-17(24)19(14)20(2)6-4-13(23)9-16(12)20/h4,6,9,12,14-15,17,19,24H,5,7-8,10-11H2,1-3H3/t12-,14+,15+,17+,19-,20+,21+,22+/m1/s1. The van der Waals surface area contributed by atoms with E-state index in [1.54, 1.807) is 12.2 Å². The predicted octanol–water partition coefficient (Wildman–Crippen LogP) is 2.85. The fraction of sp³-hybridized carbons (Fsp3) is 0.727. The molecular formula is C22H28O4. The summed E-state index contributed by atoms with van der Waals surface area (Å²) in [5, 5.41) is 11.3. The average molecular weight is 356 g/mol. The van der Waals surface area contributed by atoms with E-state index in [1.807, 2.05) is 6.08 Å². The predicted molar refractivity (Wildman–Crippen MR) is 96.2 cm³/mol. The molecule has 4 aliphatic carbocycles. The average Bonchev–Trinajstić information content (AvgIpc) is 2.89. The van der Waals surface area contributed by atoms with Gasteiger partial charge in [0.15, 0.2) is 11.6 Å². The van der Waals surface area contributed by atoms with Crippen LogP contribution in [0.25, 0.3) is 0 Å². The van der Waals surface area contributed by atoms with Crippen LogP contribution in [0.1, 0.15) is 46.5 Å². The van der Waals surface area contributed by atoms with Gasteiger partial charge in [0.1, 0.15) is 12.2 Å². The summed E-state index contributed by atoms with van der Waals surface area (Å²) in [7, 11) is 0. The van der Waals surface area contributed by atoms with E-state index in [0.717, 1.165) is 19.3 Å². The number of carbonyl (C=O) groups is 2. The number of allylic oxidation sites excluding steroid dienone is 4. The van der Waals surface area contributed by atoms with Gasteiger partial charge in [-0.3, -0.25) is 9.59 Å². The van der Waals surface area contributed by atoms with Gasteiger partial charge in [-0.05, 0) is 55.6 Å². The highest BCUT2D eigenvalue weighted by Crippen LogP contribution is 2.69. The number of ketones is 2. The third kappa shape index (κ3) is 1.73. The molecule has 26 heavy (non-hydrogen) atoms. The van der Waals surface area contributed by atoms with Gasteiger partial charge < -0.3 is 9.84 Å². The van der Waals surface area contributed by atoms with E-state index in [0.29, 0.717) is 24.2 Å². The van der Waals surface area contributed by atoms with Gasteiger partial charge in [-0.1, -0.05) is 32.4 Å². The maximum absolute atomic E-state index is 12.5. The van der Waals surface area contributed by atoms with Crippen LogP contribution in [0.4, 0.5) is 0 Å². The zero-order chi connectivity index (χ0) is 18.5. The second-order valence-electron chi connectivity index (χ2n) is 9.82. The Hall–Kier alpha value is -1.26. The number of rotatable bonds is 0. The third-order valence-corrected chi connectivity index (χ3v) is 8.84. The van der Waals surface area contributed by atoms with Crippen molar-refractivity contribution < 1.29 is 19.4 Å². The lowest BCUT2D eigenvalue weighted by Crippen LogP contribution is -2.67. The minimum atomic E-state index is -0.651. The molecule has 0 aromatic rings. The summed E-state index contributed by atoms with van der Waals surface area (Å²) in [4.78, 5) is 24.5. The van der Waals surface area contributed by atoms with Crippen molar-refractivity contribution in [3.63, 3.8) is 0 Å². The number of aliphatic hydroxyl groups excluding tert-OH is 1. The lowest BCUT2D eigenvalue weighted by molar-refractivity contribution is -0.225. The minimum Gasteiger partial charge on any atom is -0.393 e. The number of hydrogen-bond acceptors (Lipinski definition) is 4. The summed E-state index contributed by atoms with van der Waals surface area (Å²) < 4.78 is 5.93. The Labute approximate surface area is 154 Å². The first-order valence-electron chi connectivity index (χ1n) is 10.0. The highest BCUT2D eigenvalue weighted by Gasteiger charge is 2.72.